The molecule has 0 aliphatic rings. The van der Waals surface area contributed by atoms with Crippen LogP contribution in [0.4, 0.5) is 8.78 Å². The van der Waals surface area contributed by atoms with Gasteiger partial charge in [-0.2, -0.15) is 0 Å². The third kappa shape index (κ3) is 3.36. The molecule has 0 aliphatic carbocycles. The highest BCUT2D eigenvalue weighted by molar-refractivity contribution is 5.89. The molecular weight excluding hydrogens is 256 g/mol. The van der Waals surface area contributed by atoms with Crippen molar-refractivity contribution < 1.29 is 23.8 Å². The smallest absolute Gasteiger partial charge is 0.336 e. The molecule has 1 atom stereocenters. The fourth-order valence-corrected chi connectivity index (χ4v) is 1.29. The molecule has 0 saturated heterocycles. The normalized spacial score (nSPS) is 12.7. The van der Waals surface area contributed by atoms with Crippen molar-refractivity contribution in [1.82, 2.24) is 0 Å². The van der Waals surface area contributed by atoms with E-state index in [1.54, 1.807) is 0 Å². The zero-order valence-corrected chi connectivity index (χ0v) is 9.45. The van der Waals surface area contributed by atoms with Crippen LogP contribution in [0, 0.1) is 0 Å². The fraction of sp³-hybridized carbons (Fsp3) is 0.300. The molecule has 1 aromatic carbocycles. The molecule has 4 N–H and O–H groups in total. The highest BCUT2D eigenvalue weighted by atomic mass is 35.5. The number of aliphatic hydroxyl groups excluding tert-OH is 1. The number of hydrogen-bond donors (Lipinski definition) is 3. The van der Waals surface area contributed by atoms with Gasteiger partial charge in [0.1, 0.15) is 6.61 Å². The maximum atomic E-state index is 13.1. The van der Waals surface area contributed by atoms with Crippen LogP contribution in [0.1, 0.15) is 22.0 Å². The number of carboxylic acid groups (broad SMARTS) is 1. The third-order valence-electron chi connectivity index (χ3n) is 2.19. The van der Waals surface area contributed by atoms with Gasteiger partial charge in [0.15, 0.2) is 0 Å². The molecular formula is C10H12ClF2NO3. The highest BCUT2D eigenvalue weighted by Crippen LogP contribution is 2.30. The standard InChI is InChI=1S/C10H11F2NO3.ClH/c11-10(12,5-14)8(13)6-3-1-2-4-7(6)9(15)16;/h1-4,8,14H,5,13H2,(H,15,16);1H/t8-;/m1./s1. The number of benzene rings is 1. The molecule has 0 unspecified atom stereocenters. The van der Waals surface area contributed by atoms with Crippen LogP contribution in [-0.4, -0.2) is 28.7 Å². The van der Waals surface area contributed by atoms with Crippen LogP contribution in [0.15, 0.2) is 24.3 Å². The molecule has 0 saturated carbocycles. The number of aromatic carboxylic acids is 1. The topological polar surface area (TPSA) is 83.6 Å². The lowest BCUT2D eigenvalue weighted by atomic mass is 9.96. The van der Waals surface area contributed by atoms with Crippen LogP contribution in [-0.2, 0) is 0 Å². The molecule has 4 nitrogen and oxygen atoms in total. The summed E-state index contributed by atoms with van der Waals surface area (Å²) in [7, 11) is 0. The van der Waals surface area contributed by atoms with Crippen molar-refractivity contribution in [2.24, 2.45) is 5.73 Å². The van der Waals surface area contributed by atoms with E-state index in [4.69, 9.17) is 15.9 Å². The summed E-state index contributed by atoms with van der Waals surface area (Å²) in [6.45, 7) is -1.43. The molecule has 1 rings (SSSR count). The van der Waals surface area contributed by atoms with Crippen LogP contribution in [0.25, 0.3) is 0 Å². The number of halogens is 3. The van der Waals surface area contributed by atoms with Gasteiger partial charge in [0, 0.05) is 0 Å². The molecule has 0 heterocycles. The maximum absolute atomic E-state index is 13.1. The van der Waals surface area contributed by atoms with Gasteiger partial charge in [0.25, 0.3) is 5.92 Å². The van der Waals surface area contributed by atoms with Gasteiger partial charge >= 0.3 is 5.97 Å². The Bertz CT molecular complexity index is 401. The Hall–Kier alpha value is -1.24. The average molecular weight is 268 g/mol. The summed E-state index contributed by atoms with van der Waals surface area (Å²) in [4.78, 5) is 10.8. The quantitative estimate of drug-likeness (QED) is 0.771. The van der Waals surface area contributed by atoms with E-state index in [9.17, 15) is 13.6 Å². The monoisotopic (exact) mass is 267 g/mol. The SMILES string of the molecule is Cl.N[C@H](c1ccccc1C(=O)O)C(F)(F)CO. The number of carbonyl (C=O) groups is 1. The van der Waals surface area contributed by atoms with Gasteiger partial charge in [-0.25, -0.2) is 13.6 Å². The number of rotatable bonds is 4. The van der Waals surface area contributed by atoms with E-state index in [1.807, 2.05) is 0 Å². The lowest BCUT2D eigenvalue weighted by molar-refractivity contribution is -0.0713. The average Bonchev–Trinajstić information content (AvgIpc) is 2.28. The van der Waals surface area contributed by atoms with E-state index in [0.717, 1.165) is 0 Å². The Morgan fingerprint density at radius 3 is 2.41 bits per heavy atom. The molecule has 0 aliphatic heterocycles. The number of nitrogens with two attached hydrogens (primary N) is 1. The molecule has 17 heavy (non-hydrogen) atoms. The van der Waals surface area contributed by atoms with Crippen molar-refractivity contribution in [3.63, 3.8) is 0 Å². The number of hydrogen-bond acceptors (Lipinski definition) is 3. The Kier molecular flexibility index (Phi) is 5.47. The van der Waals surface area contributed by atoms with Crippen LogP contribution in [0.2, 0.25) is 0 Å². The van der Waals surface area contributed by atoms with Gasteiger partial charge in [-0.05, 0) is 11.6 Å². The molecule has 7 heteroatoms. The molecule has 0 fully saturated rings. The minimum absolute atomic E-state index is 0. The first-order valence-electron chi connectivity index (χ1n) is 4.46. The summed E-state index contributed by atoms with van der Waals surface area (Å²) in [6, 6.07) is 3.37. The number of carboxylic acids is 1. The largest absolute Gasteiger partial charge is 0.478 e. The van der Waals surface area contributed by atoms with Gasteiger partial charge in [-0.1, -0.05) is 18.2 Å². The van der Waals surface area contributed by atoms with Crippen molar-refractivity contribution in [1.29, 1.82) is 0 Å². The molecule has 0 radical (unpaired) electrons. The maximum Gasteiger partial charge on any atom is 0.336 e. The molecule has 0 aromatic heterocycles. The van der Waals surface area contributed by atoms with E-state index < -0.39 is 24.5 Å². The van der Waals surface area contributed by atoms with Gasteiger partial charge < -0.3 is 15.9 Å². The number of alkyl halides is 2. The van der Waals surface area contributed by atoms with E-state index in [0.29, 0.717) is 0 Å². The first-order chi connectivity index (χ1) is 7.40. The lowest BCUT2D eigenvalue weighted by Gasteiger charge is -2.22. The summed E-state index contributed by atoms with van der Waals surface area (Å²) in [5, 5.41) is 17.3. The zero-order valence-electron chi connectivity index (χ0n) is 8.64. The van der Waals surface area contributed by atoms with Crippen molar-refractivity contribution in [2.75, 3.05) is 6.61 Å². The van der Waals surface area contributed by atoms with Crippen molar-refractivity contribution >= 4 is 18.4 Å². The Morgan fingerprint density at radius 2 is 1.94 bits per heavy atom. The predicted molar refractivity (Wildman–Crippen MR) is 59.6 cm³/mol. The second kappa shape index (κ2) is 5.90. The molecule has 96 valence electrons. The van der Waals surface area contributed by atoms with Crippen LogP contribution >= 0.6 is 12.4 Å². The van der Waals surface area contributed by atoms with Crippen molar-refractivity contribution in [3.05, 3.63) is 35.4 Å². The highest BCUT2D eigenvalue weighted by Gasteiger charge is 2.38. The van der Waals surface area contributed by atoms with Crippen molar-refractivity contribution in [2.45, 2.75) is 12.0 Å². The third-order valence-corrected chi connectivity index (χ3v) is 2.19. The zero-order chi connectivity index (χ0) is 12.3. The fourth-order valence-electron chi connectivity index (χ4n) is 1.29. The van der Waals surface area contributed by atoms with E-state index >= 15 is 0 Å². The molecule has 1 aromatic rings. The Balaban J connectivity index is 0.00000256. The predicted octanol–water partition coefficient (Wildman–Crippen LogP) is 1.43. The summed E-state index contributed by atoms with van der Waals surface area (Å²) in [6.07, 6.45) is 0. The van der Waals surface area contributed by atoms with Crippen molar-refractivity contribution in [3.8, 4) is 0 Å². The first kappa shape index (κ1) is 15.8. The summed E-state index contributed by atoms with van der Waals surface area (Å²) >= 11 is 0. The minimum Gasteiger partial charge on any atom is -0.478 e. The summed E-state index contributed by atoms with van der Waals surface area (Å²) in [5.74, 6) is -4.88. The van der Waals surface area contributed by atoms with Crippen LogP contribution in [0.3, 0.4) is 0 Å². The molecule has 0 bridgehead atoms. The van der Waals surface area contributed by atoms with Gasteiger partial charge in [-0.15, -0.1) is 12.4 Å². The summed E-state index contributed by atoms with van der Waals surface area (Å²) < 4.78 is 26.2. The number of aliphatic hydroxyl groups is 1. The van der Waals surface area contributed by atoms with Gasteiger partial charge in [-0.3, -0.25) is 0 Å². The van der Waals surface area contributed by atoms with Crippen LogP contribution < -0.4 is 5.73 Å². The van der Waals surface area contributed by atoms with E-state index in [2.05, 4.69) is 0 Å². The van der Waals surface area contributed by atoms with E-state index in [-0.39, 0.29) is 23.5 Å². The van der Waals surface area contributed by atoms with Gasteiger partial charge in [0.05, 0.1) is 11.6 Å². The minimum atomic E-state index is -3.55. The first-order valence-corrected chi connectivity index (χ1v) is 4.46. The Labute approximate surface area is 102 Å². The summed E-state index contributed by atoms with van der Waals surface area (Å²) in [5.41, 5.74) is 4.76. The van der Waals surface area contributed by atoms with E-state index in [1.165, 1.54) is 24.3 Å². The molecule has 0 spiro atoms. The second-order valence-electron chi connectivity index (χ2n) is 3.29. The van der Waals surface area contributed by atoms with Crippen LogP contribution in [0.5, 0.6) is 0 Å². The second-order valence-corrected chi connectivity index (χ2v) is 3.29. The molecule has 0 amide bonds. The lowest BCUT2D eigenvalue weighted by Crippen LogP contribution is -2.37. The van der Waals surface area contributed by atoms with Gasteiger partial charge in [0.2, 0.25) is 0 Å². The Morgan fingerprint density at radius 1 is 1.41 bits per heavy atom.